The van der Waals surface area contributed by atoms with Gasteiger partial charge in [-0.3, -0.25) is 4.98 Å². The number of aliphatic hydroxyl groups is 1. The van der Waals surface area contributed by atoms with Gasteiger partial charge in [0.2, 0.25) is 0 Å². The summed E-state index contributed by atoms with van der Waals surface area (Å²) in [5.41, 5.74) is 2.78. The number of aromatic nitrogens is 1. The molecule has 1 unspecified atom stereocenters. The Balaban J connectivity index is 1.96. The van der Waals surface area contributed by atoms with Crippen LogP contribution in [0.5, 0.6) is 0 Å². The molecule has 24 heavy (non-hydrogen) atoms. The number of hydrogen-bond donors (Lipinski definition) is 2. The highest BCUT2D eigenvalue weighted by molar-refractivity contribution is 9.10. The number of nitrogens with zero attached hydrogens (tertiary/aromatic N) is 2. The van der Waals surface area contributed by atoms with Gasteiger partial charge in [0.1, 0.15) is 0 Å². The molecule has 0 aliphatic carbocycles. The van der Waals surface area contributed by atoms with E-state index in [9.17, 15) is 15.0 Å². The summed E-state index contributed by atoms with van der Waals surface area (Å²) in [7, 11) is 0. The maximum absolute atomic E-state index is 11.4. The third-order valence-electron chi connectivity index (χ3n) is 5.34. The molecule has 6 nitrogen and oxygen atoms in total. The molecule has 132 valence electrons. The normalized spacial score (nSPS) is 21.2. The summed E-state index contributed by atoms with van der Waals surface area (Å²) in [6, 6.07) is 0. The van der Waals surface area contributed by atoms with Crippen LogP contribution in [0.4, 0.5) is 5.69 Å². The van der Waals surface area contributed by atoms with E-state index in [0.717, 1.165) is 61.4 Å². The predicted octanol–water partition coefficient (Wildman–Crippen LogP) is 2.59. The van der Waals surface area contributed by atoms with Crippen molar-refractivity contribution < 1.29 is 19.7 Å². The monoisotopic (exact) mass is 398 g/mol. The molecule has 3 heterocycles. The molecule has 0 amide bonds. The Morgan fingerprint density at radius 1 is 1.29 bits per heavy atom. The van der Waals surface area contributed by atoms with Crippen LogP contribution in [-0.4, -0.2) is 47.5 Å². The van der Waals surface area contributed by atoms with Crippen LogP contribution in [0.3, 0.4) is 0 Å². The fraction of sp³-hybridized carbons (Fsp3) is 0.647. The number of piperidine rings is 1. The lowest BCUT2D eigenvalue weighted by molar-refractivity contribution is -0.147. The highest BCUT2D eigenvalue weighted by Gasteiger charge is 2.39. The minimum absolute atomic E-state index is 0.270. The van der Waals surface area contributed by atoms with Gasteiger partial charge in [-0.25, -0.2) is 4.79 Å². The molecule has 3 rings (SSSR count). The number of carbonyl (C=O) groups is 1. The smallest absolute Gasteiger partial charge is 0.337 e. The van der Waals surface area contributed by atoms with Crippen molar-refractivity contribution in [3.05, 3.63) is 21.4 Å². The molecule has 0 radical (unpaired) electrons. The molecule has 1 atom stereocenters. The molecule has 2 aliphatic heterocycles. The van der Waals surface area contributed by atoms with Gasteiger partial charge in [-0.2, -0.15) is 0 Å². The van der Waals surface area contributed by atoms with Crippen molar-refractivity contribution in [3.8, 4) is 0 Å². The number of ether oxygens (including phenoxy) is 1. The van der Waals surface area contributed by atoms with Crippen molar-refractivity contribution in [2.45, 2.75) is 39.2 Å². The molecule has 2 N–H and O–H groups in total. The number of pyridine rings is 1. The van der Waals surface area contributed by atoms with Gasteiger partial charge in [-0.05, 0) is 54.5 Å². The van der Waals surface area contributed by atoms with Crippen LogP contribution in [0, 0.1) is 19.3 Å². The van der Waals surface area contributed by atoms with E-state index in [0.29, 0.717) is 11.3 Å². The Hall–Kier alpha value is -1.18. The molecule has 7 heteroatoms. The first kappa shape index (κ1) is 17.6. The van der Waals surface area contributed by atoms with Crippen LogP contribution in [0.1, 0.15) is 42.3 Å². The molecule has 0 bridgehead atoms. The Bertz CT molecular complexity index is 648. The standard InChI is InChI=1S/C17H23BrN2O4/c1-10-12(15(21)16(22)23)14(13(18)11(2)19-10)20-6-3-17(4-7-20)5-8-24-9-17/h15,21H,3-9H2,1-2H3,(H,22,23). The number of aryl methyl sites for hydroxylation is 2. The molecule has 0 saturated carbocycles. The lowest BCUT2D eigenvalue weighted by Crippen LogP contribution is -2.41. The van der Waals surface area contributed by atoms with Crippen LogP contribution in [0.2, 0.25) is 0 Å². The van der Waals surface area contributed by atoms with Crippen molar-refractivity contribution in [3.63, 3.8) is 0 Å². The summed E-state index contributed by atoms with van der Waals surface area (Å²) < 4.78 is 6.34. The van der Waals surface area contributed by atoms with Crippen molar-refractivity contribution >= 4 is 27.6 Å². The minimum atomic E-state index is -1.57. The molecule has 1 aromatic heterocycles. The molecule has 0 aromatic carbocycles. The molecule has 2 fully saturated rings. The first-order valence-electron chi connectivity index (χ1n) is 8.25. The maximum atomic E-state index is 11.4. The SMILES string of the molecule is Cc1nc(C)c(C(O)C(=O)O)c(N2CCC3(CCOC3)CC2)c1Br. The number of hydrogen-bond acceptors (Lipinski definition) is 5. The van der Waals surface area contributed by atoms with Gasteiger partial charge in [0, 0.05) is 31.0 Å². The highest BCUT2D eigenvalue weighted by atomic mass is 79.9. The van der Waals surface area contributed by atoms with E-state index in [1.807, 2.05) is 6.92 Å². The van der Waals surface area contributed by atoms with E-state index < -0.39 is 12.1 Å². The number of rotatable bonds is 3. The molecule has 2 saturated heterocycles. The summed E-state index contributed by atoms with van der Waals surface area (Å²) in [6.07, 6.45) is 1.56. The Morgan fingerprint density at radius 3 is 2.50 bits per heavy atom. The van der Waals surface area contributed by atoms with E-state index in [2.05, 4.69) is 25.8 Å². The number of carboxylic acids is 1. The quantitative estimate of drug-likeness (QED) is 0.813. The fourth-order valence-electron chi connectivity index (χ4n) is 3.83. The largest absolute Gasteiger partial charge is 0.479 e. The Morgan fingerprint density at radius 2 is 1.96 bits per heavy atom. The number of aliphatic hydroxyl groups excluding tert-OH is 1. The van der Waals surface area contributed by atoms with Gasteiger partial charge >= 0.3 is 5.97 Å². The Kier molecular flexibility index (Phi) is 4.86. The highest BCUT2D eigenvalue weighted by Crippen LogP contribution is 2.44. The lowest BCUT2D eigenvalue weighted by Gasteiger charge is -2.41. The van der Waals surface area contributed by atoms with Gasteiger partial charge in [-0.15, -0.1) is 0 Å². The van der Waals surface area contributed by atoms with Crippen molar-refractivity contribution in [1.82, 2.24) is 4.98 Å². The van der Waals surface area contributed by atoms with Crippen LogP contribution in [-0.2, 0) is 9.53 Å². The first-order valence-corrected chi connectivity index (χ1v) is 9.04. The van der Waals surface area contributed by atoms with E-state index >= 15 is 0 Å². The van der Waals surface area contributed by atoms with E-state index in [4.69, 9.17) is 4.74 Å². The number of halogens is 1. The van der Waals surface area contributed by atoms with Gasteiger partial charge in [0.25, 0.3) is 0 Å². The summed E-state index contributed by atoms with van der Waals surface area (Å²) in [6.45, 7) is 6.93. The molecule has 1 spiro atoms. The van der Waals surface area contributed by atoms with Gasteiger partial charge in [0.15, 0.2) is 6.10 Å². The third kappa shape index (κ3) is 3.05. The van der Waals surface area contributed by atoms with Crippen molar-refractivity contribution in [2.24, 2.45) is 5.41 Å². The maximum Gasteiger partial charge on any atom is 0.337 e. The van der Waals surface area contributed by atoms with E-state index in [-0.39, 0.29) is 5.41 Å². The zero-order valence-electron chi connectivity index (χ0n) is 14.0. The summed E-state index contributed by atoms with van der Waals surface area (Å²) in [4.78, 5) is 17.9. The summed E-state index contributed by atoms with van der Waals surface area (Å²) in [5.74, 6) is -1.26. The molecular formula is C17H23BrN2O4. The zero-order valence-corrected chi connectivity index (χ0v) is 15.6. The van der Waals surface area contributed by atoms with Crippen molar-refractivity contribution in [2.75, 3.05) is 31.2 Å². The average Bonchev–Trinajstić information content (AvgIpc) is 2.99. The van der Waals surface area contributed by atoms with Crippen LogP contribution in [0.15, 0.2) is 4.47 Å². The second-order valence-electron chi connectivity index (χ2n) is 6.89. The number of anilines is 1. The van der Waals surface area contributed by atoms with Gasteiger partial charge < -0.3 is 19.8 Å². The minimum Gasteiger partial charge on any atom is -0.479 e. The fourth-order valence-corrected chi connectivity index (χ4v) is 4.38. The number of carboxylic acid groups (broad SMARTS) is 1. The van der Waals surface area contributed by atoms with Gasteiger partial charge in [0.05, 0.1) is 22.5 Å². The van der Waals surface area contributed by atoms with Crippen LogP contribution >= 0.6 is 15.9 Å². The van der Waals surface area contributed by atoms with Crippen molar-refractivity contribution in [1.29, 1.82) is 0 Å². The number of aliphatic carboxylic acids is 1. The van der Waals surface area contributed by atoms with Crippen LogP contribution < -0.4 is 4.90 Å². The first-order chi connectivity index (χ1) is 11.3. The third-order valence-corrected chi connectivity index (χ3v) is 6.29. The second-order valence-corrected chi connectivity index (χ2v) is 7.68. The Labute approximate surface area is 150 Å². The molecule has 2 aliphatic rings. The summed E-state index contributed by atoms with van der Waals surface area (Å²) >= 11 is 3.56. The molecular weight excluding hydrogens is 376 g/mol. The summed E-state index contributed by atoms with van der Waals surface area (Å²) in [5, 5.41) is 19.5. The lowest BCUT2D eigenvalue weighted by atomic mass is 9.78. The second kappa shape index (κ2) is 6.61. The van der Waals surface area contributed by atoms with E-state index in [1.165, 1.54) is 0 Å². The van der Waals surface area contributed by atoms with Gasteiger partial charge in [-0.1, -0.05) is 0 Å². The average molecular weight is 399 g/mol. The van der Waals surface area contributed by atoms with Crippen LogP contribution in [0.25, 0.3) is 0 Å². The topological polar surface area (TPSA) is 82.9 Å². The predicted molar refractivity (Wildman–Crippen MR) is 93.3 cm³/mol. The zero-order chi connectivity index (χ0) is 17.5. The molecule has 1 aromatic rings. The van der Waals surface area contributed by atoms with E-state index in [1.54, 1.807) is 6.92 Å².